The molecule has 2 aromatic rings. The second-order valence-electron chi connectivity index (χ2n) is 4.15. The molecule has 2 aromatic carbocycles. The monoisotopic (exact) mass is 307 g/mol. The van der Waals surface area contributed by atoms with Crippen LogP contribution in [0.5, 0.6) is 0 Å². The van der Waals surface area contributed by atoms with Gasteiger partial charge in [0.15, 0.2) is 0 Å². The molecule has 0 heterocycles. The summed E-state index contributed by atoms with van der Waals surface area (Å²) < 4.78 is 13.7. The quantitative estimate of drug-likeness (QED) is 0.858. The van der Waals surface area contributed by atoms with Gasteiger partial charge < -0.3 is 5.32 Å². The molecule has 0 aliphatic heterocycles. The second kappa shape index (κ2) is 6.01. The molecule has 0 aliphatic rings. The van der Waals surface area contributed by atoms with Crippen LogP contribution in [0.15, 0.2) is 46.9 Å². The Bertz CT molecular complexity index is 523. The zero-order chi connectivity index (χ0) is 13.0. The van der Waals surface area contributed by atoms with Gasteiger partial charge in [0.1, 0.15) is 5.82 Å². The second-order valence-corrected chi connectivity index (χ2v) is 5.00. The molecule has 0 aliphatic carbocycles. The van der Waals surface area contributed by atoms with Gasteiger partial charge in [-0.3, -0.25) is 0 Å². The third-order valence-corrected chi connectivity index (χ3v) is 3.50. The topological polar surface area (TPSA) is 12.0 Å². The Balaban J connectivity index is 2.02. The van der Waals surface area contributed by atoms with E-state index in [1.165, 1.54) is 23.3 Å². The fourth-order valence-corrected chi connectivity index (χ4v) is 2.21. The molecule has 0 radical (unpaired) electrons. The van der Waals surface area contributed by atoms with E-state index >= 15 is 0 Å². The van der Waals surface area contributed by atoms with E-state index in [0.717, 1.165) is 23.1 Å². The molecule has 94 valence electrons. The lowest BCUT2D eigenvalue weighted by atomic mass is 10.1. The van der Waals surface area contributed by atoms with Crippen LogP contribution in [-0.2, 0) is 13.0 Å². The molecule has 18 heavy (non-hydrogen) atoms. The first kappa shape index (κ1) is 13.1. The first-order chi connectivity index (χ1) is 8.69. The molecule has 1 nitrogen and oxygen atoms in total. The molecule has 0 aromatic heterocycles. The third-order valence-electron chi connectivity index (χ3n) is 2.85. The van der Waals surface area contributed by atoms with E-state index < -0.39 is 0 Å². The van der Waals surface area contributed by atoms with Gasteiger partial charge in [-0.05, 0) is 51.7 Å². The Morgan fingerprint density at radius 2 is 1.72 bits per heavy atom. The van der Waals surface area contributed by atoms with Gasteiger partial charge in [-0.15, -0.1) is 0 Å². The van der Waals surface area contributed by atoms with E-state index in [0.29, 0.717) is 0 Å². The van der Waals surface area contributed by atoms with Gasteiger partial charge in [0.25, 0.3) is 0 Å². The smallest absolute Gasteiger partial charge is 0.124 e. The van der Waals surface area contributed by atoms with E-state index in [2.05, 4.69) is 52.4 Å². The lowest BCUT2D eigenvalue weighted by molar-refractivity contribution is 0.627. The molecule has 0 fully saturated rings. The number of hydrogen-bond acceptors (Lipinski definition) is 1. The van der Waals surface area contributed by atoms with Crippen LogP contribution in [0.1, 0.15) is 18.1 Å². The maximum atomic E-state index is 12.9. The number of hydrogen-bond donors (Lipinski definition) is 1. The number of nitrogens with one attached hydrogen (secondary N) is 1. The molecule has 0 spiro atoms. The Labute approximate surface area is 115 Å². The molecule has 0 amide bonds. The Kier molecular flexibility index (Phi) is 4.37. The molecule has 2 rings (SSSR count). The molecular formula is C15H15BrFN. The fraction of sp³-hybridized carbons (Fsp3) is 0.200. The van der Waals surface area contributed by atoms with Crippen molar-refractivity contribution in [2.24, 2.45) is 0 Å². The van der Waals surface area contributed by atoms with Crippen molar-refractivity contribution >= 4 is 21.6 Å². The van der Waals surface area contributed by atoms with Crippen molar-refractivity contribution in [1.29, 1.82) is 0 Å². The van der Waals surface area contributed by atoms with Crippen LogP contribution in [0.25, 0.3) is 0 Å². The predicted octanol–water partition coefficient (Wildman–Crippen LogP) is 4.76. The van der Waals surface area contributed by atoms with Crippen molar-refractivity contribution < 1.29 is 4.39 Å². The minimum absolute atomic E-state index is 0.236. The van der Waals surface area contributed by atoms with E-state index in [1.807, 2.05) is 0 Å². The normalized spacial score (nSPS) is 10.4. The van der Waals surface area contributed by atoms with Gasteiger partial charge in [-0.1, -0.05) is 31.2 Å². The van der Waals surface area contributed by atoms with Crippen molar-refractivity contribution in [2.45, 2.75) is 19.9 Å². The summed E-state index contributed by atoms with van der Waals surface area (Å²) in [7, 11) is 0. The average Bonchev–Trinajstić information content (AvgIpc) is 2.38. The van der Waals surface area contributed by atoms with Crippen LogP contribution in [0.3, 0.4) is 0 Å². The van der Waals surface area contributed by atoms with E-state index in [-0.39, 0.29) is 5.82 Å². The van der Waals surface area contributed by atoms with E-state index in [1.54, 1.807) is 6.07 Å². The molecule has 0 bridgehead atoms. The first-order valence-electron chi connectivity index (χ1n) is 5.96. The number of rotatable bonds is 4. The summed E-state index contributed by atoms with van der Waals surface area (Å²) in [5, 5.41) is 3.28. The summed E-state index contributed by atoms with van der Waals surface area (Å²) in [6.07, 6.45) is 1.05. The highest BCUT2D eigenvalue weighted by atomic mass is 79.9. The van der Waals surface area contributed by atoms with Crippen LogP contribution < -0.4 is 5.32 Å². The van der Waals surface area contributed by atoms with E-state index in [4.69, 9.17) is 0 Å². The van der Waals surface area contributed by atoms with Crippen molar-refractivity contribution in [3.05, 3.63) is 63.9 Å². The average molecular weight is 308 g/mol. The highest BCUT2D eigenvalue weighted by Crippen LogP contribution is 2.23. The predicted molar refractivity (Wildman–Crippen MR) is 77.2 cm³/mol. The largest absolute Gasteiger partial charge is 0.380 e. The summed E-state index contributed by atoms with van der Waals surface area (Å²) in [6.45, 7) is 2.87. The molecule has 0 saturated heterocycles. The number of benzene rings is 2. The summed E-state index contributed by atoms with van der Waals surface area (Å²) >= 11 is 3.34. The lowest BCUT2D eigenvalue weighted by Crippen LogP contribution is -2.00. The van der Waals surface area contributed by atoms with Crippen LogP contribution >= 0.6 is 15.9 Å². The van der Waals surface area contributed by atoms with Crippen LogP contribution in [0.4, 0.5) is 10.1 Å². The van der Waals surface area contributed by atoms with Crippen LogP contribution in [-0.4, -0.2) is 0 Å². The maximum Gasteiger partial charge on any atom is 0.124 e. The summed E-state index contributed by atoms with van der Waals surface area (Å²) in [4.78, 5) is 0. The molecular weight excluding hydrogens is 293 g/mol. The molecule has 1 N–H and O–H groups in total. The minimum Gasteiger partial charge on any atom is -0.380 e. The molecule has 0 atom stereocenters. The molecule has 3 heteroatoms. The minimum atomic E-state index is -0.236. The SMILES string of the molecule is CCc1ccc(CNc2ccc(F)cc2Br)cc1. The van der Waals surface area contributed by atoms with Crippen molar-refractivity contribution in [1.82, 2.24) is 0 Å². The molecule has 0 unspecified atom stereocenters. The van der Waals surface area contributed by atoms with Gasteiger partial charge in [-0.25, -0.2) is 4.39 Å². The maximum absolute atomic E-state index is 12.9. The summed E-state index contributed by atoms with van der Waals surface area (Å²) in [5.74, 6) is -0.236. The third kappa shape index (κ3) is 3.33. The summed E-state index contributed by atoms with van der Waals surface area (Å²) in [5.41, 5.74) is 3.45. The van der Waals surface area contributed by atoms with Gasteiger partial charge in [-0.2, -0.15) is 0 Å². The Morgan fingerprint density at radius 1 is 1.06 bits per heavy atom. The Morgan fingerprint density at radius 3 is 2.33 bits per heavy atom. The standard InChI is InChI=1S/C15H15BrFN/c1-2-11-3-5-12(6-4-11)10-18-15-8-7-13(17)9-14(15)16/h3-9,18H,2,10H2,1H3. The fourth-order valence-electron chi connectivity index (χ4n) is 1.72. The highest BCUT2D eigenvalue weighted by molar-refractivity contribution is 9.10. The molecule has 0 saturated carbocycles. The van der Waals surface area contributed by atoms with Crippen LogP contribution in [0, 0.1) is 5.82 Å². The van der Waals surface area contributed by atoms with Gasteiger partial charge in [0, 0.05) is 16.7 Å². The highest BCUT2D eigenvalue weighted by Gasteiger charge is 2.01. The van der Waals surface area contributed by atoms with Gasteiger partial charge >= 0.3 is 0 Å². The first-order valence-corrected chi connectivity index (χ1v) is 6.75. The van der Waals surface area contributed by atoms with Crippen molar-refractivity contribution in [3.8, 4) is 0 Å². The number of anilines is 1. The lowest BCUT2D eigenvalue weighted by Gasteiger charge is -2.09. The van der Waals surface area contributed by atoms with Gasteiger partial charge in [0.2, 0.25) is 0 Å². The number of aryl methyl sites for hydroxylation is 1. The van der Waals surface area contributed by atoms with Crippen LogP contribution in [0.2, 0.25) is 0 Å². The zero-order valence-electron chi connectivity index (χ0n) is 10.2. The summed E-state index contributed by atoms with van der Waals surface area (Å²) in [6, 6.07) is 13.1. The van der Waals surface area contributed by atoms with Crippen molar-refractivity contribution in [2.75, 3.05) is 5.32 Å². The van der Waals surface area contributed by atoms with Crippen molar-refractivity contribution in [3.63, 3.8) is 0 Å². The number of halogens is 2. The van der Waals surface area contributed by atoms with Gasteiger partial charge in [0.05, 0.1) is 0 Å². The Hall–Kier alpha value is -1.35. The zero-order valence-corrected chi connectivity index (χ0v) is 11.8. The van der Waals surface area contributed by atoms with E-state index in [9.17, 15) is 4.39 Å².